The lowest BCUT2D eigenvalue weighted by molar-refractivity contribution is -0.136. The molecule has 1 aromatic carbocycles. The van der Waals surface area contributed by atoms with Gasteiger partial charge in [0, 0.05) is 26.2 Å². The number of nitrogens with one attached hydrogen (secondary N) is 1. The predicted octanol–water partition coefficient (Wildman–Crippen LogP) is 1.86. The molecule has 0 radical (unpaired) electrons. The van der Waals surface area contributed by atoms with E-state index in [1.165, 1.54) is 13.2 Å². The molecule has 6 heteroatoms. The SMILES string of the molecule is CNC1CCCN(C(C)C(=O)N(C)Cc2ccc(OC)c(F)c2)C1. The number of carbonyl (C=O) groups excluding carboxylic acids is 1. The Kier molecular flexibility index (Phi) is 6.57. The Bertz CT molecular complexity index is 567. The van der Waals surface area contributed by atoms with E-state index < -0.39 is 5.82 Å². The first-order valence-corrected chi connectivity index (χ1v) is 8.45. The van der Waals surface area contributed by atoms with E-state index in [1.54, 1.807) is 24.1 Å². The molecule has 1 amide bonds. The third-order valence-electron chi connectivity index (χ3n) is 4.78. The van der Waals surface area contributed by atoms with E-state index in [1.807, 2.05) is 14.0 Å². The van der Waals surface area contributed by atoms with Gasteiger partial charge in [-0.2, -0.15) is 0 Å². The zero-order valence-corrected chi connectivity index (χ0v) is 15.0. The van der Waals surface area contributed by atoms with Crippen molar-refractivity contribution >= 4 is 5.91 Å². The van der Waals surface area contributed by atoms with Gasteiger partial charge in [-0.1, -0.05) is 6.07 Å². The fourth-order valence-corrected chi connectivity index (χ4v) is 3.23. The second-order valence-corrected chi connectivity index (χ2v) is 6.46. The van der Waals surface area contributed by atoms with Gasteiger partial charge in [0.05, 0.1) is 13.2 Å². The van der Waals surface area contributed by atoms with Crippen LogP contribution in [0, 0.1) is 5.82 Å². The van der Waals surface area contributed by atoms with E-state index >= 15 is 0 Å². The van der Waals surface area contributed by atoms with Crippen LogP contribution in [0.25, 0.3) is 0 Å². The van der Waals surface area contributed by atoms with Gasteiger partial charge in [-0.3, -0.25) is 9.69 Å². The number of likely N-dealkylation sites (tertiary alicyclic amines) is 1. The van der Waals surface area contributed by atoms with Crippen LogP contribution in [-0.4, -0.2) is 62.1 Å². The average Bonchev–Trinajstić information content (AvgIpc) is 2.60. The maximum atomic E-state index is 13.8. The van der Waals surface area contributed by atoms with E-state index in [0.717, 1.165) is 31.5 Å². The molecular weight excluding hydrogens is 309 g/mol. The molecule has 1 N–H and O–H groups in total. The van der Waals surface area contributed by atoms with Gasteiger partial charge < -0.3 is 15.0 Å². The molecule has 1 aromatic rings. The van der Waals surface area contributed by atoms with Gasteiger partial charge in [-0.15, -0.1) is 0 Å². The van der Waals surface area contributed by atoms with Crippen molar-refractivity contribution in [1.82, 2.24) is 15.1 Å². The standard InChI is InChI=1S/C18H28FN3O2/c1-13(22-9-5-6-15(12-22)20-2)18(23)21(3)11-14-7-8-17(24-4)16(19)10-14/h7-8,10,13,15,20H,5-6,9,11-12H2,1-4H3. The number of likely N-dealkylation sites (N-methyl/N-ethyl adjacent to an activating group) is 2. The first-order chi connectivity index (χ1) is 11.5. The molecule has 1 heterocycles. The van der Waals surface area contributed by atoms with Gasteiger partial charge in [0.25, 0.3) is 0 Å². The Hall–Kier alpha value is -1.66. The third kappa shape index (κ3) is 4.45. The number of hydrogen-bond donors (Lipinski definition) is 1. The van der Waals surface area contributed by atoms with Crippen molar-refractivity contribution < 1.29 is 13.9 Å². The Morgan fingerprint density at radius 1 is 1.54 bits per heavy atom. The molecule has 1 aliphatic heterocycles. The van der Waals surface area contributed by atoms with Crippen molar-refractivity contribution in [2.45, 2.75) is 38.4 Å². The van der Waals surface area contributed by atoms with Crippen LogP contribution in [-0.2, 0) is 11.3 Å². The normalized spacial score (nSPS) is 19.8. The number of carbonyl (C=O) groups is 1. The highest BCUT2D eigenvalue weighted by molar-refractivity contribution is 5.81. The minimum Gasteiger partial charge on any atom is -0.494 e. The molecule has 0 aliphatic carbocycles. The molecule has 1 fully saturated rings. The molecule has 2 rings (SSSR count). The summed E-state index contributed by atoms with van der Waals surface area (Å²) in [6.07, 6.45) is 2.24. The van der Waals surface area contributed by atoms with Crippen LogP contribution in [0.5, 0.6) is 5.75 Å². The number of rotatable bonds is 6. The largest absolute Gasteiger partial charge is 0.494 e. The number of hydrogen-bond acceptors (Lipinski definition) is 4. The number of benzene rings is 1. The number of piperidine rings is 1. The lowest BCUT2D eigenvalue weighted by Gasteiger charge is -2.37. The Labute approximate surface area is 143 Å². The molecule has 0 saturated carbocycles. The van der Waals surface area contributed by atoms with Crippen LogP contribution in [0.3, 0.4) is 0 Å². The van der Waals surface area contributed by atoms with Crippen molar-refractivity contribution in [2.24, 2.45) is 0 Å². The second-order valence-electron chi connectivity index (χ2n) is 6.46. The van der Waals surface area contributed by atoms with Crippen molar-refractivity contribution in [3.05, 3.63) is 29.6 Å². The fraction of sp³-hybridized carbons (Fsp3) is 0.611. The van der Waals surface area contributed by atoms with Crippen molar-refractivity contribution in [3.8, 4) is 5.75 Å². The lowest BCUT2D eigenvalue weighted by atomic mass is 10.0. The second kappa shape index (κ2) is 8.44. The summed E-state index contributed by atoms with van der Waals surface area (Å²) in [7, 11) is 5.16. The summed E-state index contributed by atoms with van der Waals surface area (Å²) in [5.41, 5.74) is 0.753. The quantitative estimate of drug-likeness (QED) is 0.861. The van der Waals surface area contributed by atoms with E-state index in [4.69, 9.17) is 4.74 Å². The Morgan fingerprint density at radius 2 is 2.29 bits per heavy atom. The summed E-state index contributed by atoms with van der Waals surface area (Å²) in [5.74, 6) is -0.132. The first-order valence-electron chi connectivity index (χ1n) is 8.45. The molecule has 0 spiro atoms. The van der Waals surface area contributed by atoms with Crippen molar-refractivity contribution in [2.75, 3.05) is 34.3 Å². The van der Waals surface area contributed by atoms with E-state index in [9.17, 15) is 9.18 Å². The smallest absolute Gasteiger partial charge is 0.239 e. The molecule has 24 heavy (non-hydrogen) atoms. The number of nitrogens with zero attached hydrogens (tertiary/aromatic N) is 2. The highest BCUT2D eigenvalue weighted by Crippen LogP contribution is 2.19. The number of halogens is 1. The highest BCUT2D eigenvalue weighted by Gasteiger charge is 2.28. The maximum absolute atomic E-state index is 13.8. The molecule has 2 atom stereocenters. The monoisotopic (exact) mass is 337 g/mol. The lowest BCUT2D eigenvalue weighted by Crippen LogP contribution is -2.52. The van der Waals surface area contributed by atoms with Gasteiger partial charge >= 0.3 is 0 Å². The van der Waals surface area contributed by atoms with Crippen molar-refractivity contribution in [3.63, 3.8) is 0 Å². The number of ether oxygens (including phenoxy) is 1. The summed E-state index contributed by atoms with van der Waals surface area (Å²) >= 11 is 0. The van der Waals surface area contributed by atoms with Crippen LogP contribution in [0.1, 0.15) is 25.3 Å². The summed E-state index contributed by atoms with van der Waals surface area (Å²) in [6.45, 7) is 4.16. The first kappa shape index (κ1) is 18.7. The van der Waals surface area contributed by atoms with Gasteiger partial charge in [-0.05, 0) is 51.1 Å². The average molecular weight is 337 g/mol. The van der Waals surface area contributed by atoms with Crippen LogP contribution in [0.4, 0.5) is 4.39 Å². The van der Waals surface area contributed by atoms with E-state index in [-0.39, 0.29) is 17.7 Å². The zero-order chi connectivity index (χ0) is 17.7. The molecule has 1 aliphatic rings. The molecule has 0 aromatic heterocycles. The zero-order valence-electron chi connectivity index (χ0n) is 15.0. The van der Waals surface area contributed by atoms with Gasteiger partial charge in [0.15, 0.2) is 11.6 Å². The molecule has 0 bridgehead atoms. The molecule has 1 saturated heterocycles. The highest BCUT2D eigenvalue weighted by atomic mass is 19.1. The third-order valence-corrected chi connectivity index (χ3v) is 4.78. The van der Waals surface area contributed by atoms with Crippen LogP contribution < -0.4 is 10.1 Å². The maximum Gasteiger partial charge on any atom is 0.239 e. The molecule has 5 nitrogen and oxygen atoms in total. The van der Waals surface area contributed by atoms with Gasteiger partial charge in [0.2, 0.25) is 5.91 Å². The topological polar surface area (TPSA) is 44.8 Å². The van der Waals surface area contributed by atoms with E-state index in [2.05, 4.69) is 10.2 Å². The molecule has 2 unspecified atom stereocenters. The summed E-state index contributed by atoms with van der Waals surface area (Å²) < 4.78 is 18.7. The summed E-state index contributed by atoms with van der Waals surface area (Å²) in [4.78, 5) is 16.6. The fourth-order valence-electron chi connectivity index (χ4n) is 3.23. The number of methoxy groups -OCH3 is 1. The summed E-state index contributed by atoms with van der Waals surface area (Å²) in [5, 5.41) is 3.29. The molecule has 134 valence electrons. The van der Waals surface area contributed by atoms with Crippen LogP contribution >= 0.6 is 0 Å². The van der Waals surface area contributed by atoms with Gasteiger partial charge in [-0.25, -0.2) is 4.39 Å². The Morgan fingerprint density at radius 3 is 2.92 bits per heavy atom. The van der Waals surface area contributed by atoms with E-state index in [0.29, 0.717) is 12.6 Å². The van der Waals surface area contributed by atoms with Gasteiger partial charge in [0.1, 0.15) is 0 Å². The molecular formula is C18H28FN3O2. The summed E-state index contributed by atoms with van der Waals surface area (Å²) in [6, 6.07) is 5.07. The van der Waals surface area contributed by atoms with Crippen LogP contribution in [0.15, 0.2) is 18.2 Å². The minimum absolute atomic E-state index is 0.0583. The van der Waals surface area contributed by atoms with Crippen molar-refractivity contribution in [1.29, 1.82) is 0 Å². The van der Waals surface area contributed by atoms with Crippen LogP contribution in [0.2, 0.25) is 0 Å². The Balaban J connectivity index is 1.97. The number of amides is 1. The minimum atomic E-state index is -0.406. The predicted molar refractivity (Wildman–Crippen MR) is 92.5 cm³/mol.